The van der Waals surface area contributed by atoms with Crippen molar-refractivity contribution in [2.45, 2.75) is 32.4 Å². The number of benzene rings is 1. The molecule has 0 saturated carbocycles. The summed E-state index contributed by atoms with van der Waals surface area (Å²) in [6.07, 6.45) is 1.79. The zero-order chi connectivity index (χ0) is 11.6. The summed E-state index contributed by atoms with van der Waals surface area (Å²) < 4.78 is 14.3. The SMILES string of the molecule is Cc1ccccc1CC1CCNCC1(C)F. The standard InChI is InChI=1S/C14H20FN/c1-11-5-3-4-6-12(11)9-13-7-8-16-10-14(13,2)15/h3-6,13,16H,7-10H2,1-2H3. The number of piperidine rings is 1. The molecule has 16 heavy (non-hydrogen) atoms. The average molecular weight is 221 g/mol. The highest BCUT2D eigenvalue weighted by Gasteiger charge is 2.36. The number of hydrogen-bond acceptors (Lipinski definition) is 1. The Balaban J connectivity index is 2.12. The Labute approximate surface area is 97.1 Å². The fourth-order valence-corrected chi connectivity index (χ4v) is 2.47. The van der Waals surface area contributed by atoms with Crippen LogP contribution in [0.25, 0.3) is 0 Å². The number of alkyl halides is 1. The molecule has 1 heterocycles. The predicted octanol–water partition coefficient (Wildman–Crippen LogP) is 2.88. The first kappa shape index (κ1) is 11.6. The van der Waals surface area contributed by atoms with Crippen LogP contribution in [0.2, 0.25) is 0 Å². The van der Waals surface area contributed by atoms with E-state index in [1.165, 1.54) is 11.1 Å². The quantitative estimate of drug-likeness (QED) is 0.809. The number of halogens is 1. The molecule has 1 N–H and O–H groups in total. The summed E-state index contributed by atoms with van der Waals surface area (Å²) in [5.41, 5.74) is 1.50. The van der Waals surface area contributed by atoms with Gasteiger partial charge in [0.15, 0.2) is 0 Å². The third-order valence-corrected chi connectivity index (χ3v) is 3.72. The molecule has 1 fully saturated rings. The van der Waals surface area contributed by atoms with E-state index in [1.807, 2.05) is 12.1 Å². The van der Waals surface area contributed by atoms with Crippen LogP contribution in [-0.2, 0) is 6.42 Å². The van der Waals surface area contributed by atoms with Crippen LogP contribution in [0.15, 0.2) is 24.3 Å². The first-order valence-electron chi connectivity index (χ1n) is 6.04. The largest absolute Gasteiger partial charge is 0.314 e. The molecule has 1 nitrogen and oxygen atoms in total. The van der Waals surface area contributed by atoms with Crippen molar-refractivity contribution in [3.8, 4) is 0 Å². The Morgan fingerprint density at radius 2 is 2.19 bits per heavy atom. The van der Waals surface area contributed by atoms with Gasteiger partial charge in [-0.3, -0.25) is 0 Å². The number of nitrogens with one attached hydrogen (secondary N) is 1. The Hall–Kier alpha value is -0.890. The molecule has 1 aromatic carbocycles. The van der Waals surface area contributed by atoms with E-state index in [4.69, 9.17) is 0 Å². The molecule has 2 heteroatoms. The molecule has 0 amide bonds. The molecule has 0 spiro atoms. The molecule has 2 unspecified atom stereocenters. The van der Waals surface area contributed by atoms with E-state index in [2.05, 4.69) is 24.4 Å². The first-order chi connectivity index (χ1) is 7.59. The zero-order valence-corrected chi connectivity index (χ0v) is 10.1. The Kier molecular flexibility index (Phi) is 3.29. The van der Waals surface area contributed by atoms with E-state index in [0.717, 1.165) is 19.4 Å². The van der Waals surface area contributed by atoms with Gasteiger partial charge in [0.25, 0.3) is 0 Å². The fourth-order valence-electron chi connectivity index (χ4n) is 2.47. The molecular formula is C14H20FN. The number of hydrogen-bond donors (Lipinski definition) is 1. The summed E-state index contributed by atoms with van der Waals surface area (Å²) >= 11 is 0. The Morgan fingerprint density at radius 1 is 1.44 bits per heavy atom. The van der Waals surface area contributed by atoms with E-state index in [-0.39, 0.29) is 5.92 Å². The van der Waals surface area contributed by atoms with Crippen molar-refractivity contribution in [2.75, 3.05) is 13.1 Å². The van der Waals surface area contributed by atoms with Crippen LogP contribution < -0.4 is 5.32 Å². The van der Waals surface area contributed by atoms with Gasteiger partial charge < -0.3 is 5.32 Å². The smallest absolute Gasteiger partial charge is 0.123 e. The molecular weight excluding hydrogens is 201 g/mol. The average Bonchev–Trinajstić information content (AvgIpc) is 2.24. The second kappa shape index (κ2) is 4.54. The summed E-state index contributed by atoms with van der Waals surface area (Å²) in [6.45, 7) is 5.26. The van der Waals surface area contributed by atoms with Crippen LogP contribution in [0.3, 0.4) is 0 Å². The van der Waals surface area contributed by atoms with Gasteiger partial charge in [-0.1, -0.05) is 24.3 Å². The second-order valence-corrected chi connectivity index (χ2v) is 5.07. The molecule has 1 aromatic rings. The molecule has 1 aliphatic rings. The monoisotopic (exact) mass is 221 g/mol. The van der Waals surface area contributed by atoms with E-state index in [9.17, 15) is 4.39 Å². The lowest BCUT2D eigenvalue weighted by Crippen LogP contribution is -2.47. The minimum absolute atomic E-state index is 0.148. The molecule has 0 radical (unpaired) electrons. The number of aryl methyl sites for hydroxylation is 1. The third kappa shape index (κ3) is 2.43. The highest BCUT2D eigenvalue weighted by molar-refractivity contribution is 5.26. The maximum atomic E-state index is 14.3. The van der Waals surface area contributed by atoms with Gasteiger partial charge in [0.2, 0.25) is 0 Å². The highest BCUT2D eigenvalue weighted by atomic mass is 19.1. The lowest BCUT2D eigenvalue weighted by atomic mass is 9.80. The normalized spacial score (nSPS) is 30.3. The molecule has 0 aromatic heterocycles. The second-order valence-electron chi connectivity index (χ2n) is 5.07. The minimum atomic E-state index is -1.07. The minimum Gasteiger partial charge on any atom is -0.314 e. The van der Waals surface area contributed by atoms with E-state index >= 15 is 0 Å². The van der Waals surface area contributed by atoms with Crippen molar-refractivity contribution in [2.24, 2.45) is 5.92 Å². The predicted molar refractivity (Wildman–Crippen MR) is 65.4 cm³/mol. The van der Waals surface area contributed by atoms with Gasteiger partial charge in [-0.05, 0) is 50.3 Å². The van der Waals surface area contributed by atoms with E-state index < -0.39 is 5.67 Å². The maximum absolute atomic E-state index is 14.3. The van der Waals surface area contributed by atoms with Gasteiger partial charge in [0, 0.05) is 6.54 Å². The lowest BCUT2D eigenvalue weighted by Gasteiger charge is -2.35. The van der Waals surface area contributed by atoms with Crippen LogP contribution in [0.4, 0.5) is 4.39 Å². The molecule has 2 rings (SSSR count). The van der Waals surface area contributed by atoms with Crippen LogP contribution in [0, 0.1) is 12.8 Å². The van der Waals surface area contributed by atoms with E-state index in [0.29, 0.717) is 6.54 Å². The zero-order valence-electron chi connectivity index (χ0n) is 10.1. The summed E-state index contributed by atoms with van der Waals surface area (Å²) in [6, 6.07) is 8.30. The third-order valence-electron chi connectivity index (χ3n) is 3.72. The van der Waals surface area contributed by atoms with Crippen molar-refractivity contribution in [1.29, 1.82) is 0 Å². The highest BCUT2D eigenvalue weighted by Crippen LogP contribution is 2.31. The van der Waals surface area contributed by atoms with Gasteiger partial charge >= 0.3 is 0 Å². The summed E-state index contributed by atoms with van der Waals surface area (Å²) in [4.78, 5) is 0. The number of rotatable bonds is 2. The van der Waals surface area contributed by atoms with Crippen molar-refractivity contribution in [1.82, 2.24) is 5.32 Å². The van der Waals surface area contributed by atoms with Crippen molar-refractivity contribution < 1.29 is 4.39 Å². The molecule has 1 saturated heterocycles. The van der Waals surface area contributed by atoms with Gasteiger partial charge in [0.05, 0.1) is 0 Å². The molecule has 88 valence electrons. The van der Waals surface area contributed by atoms with Crippen LogP contribution in [0.1, 0.15) is 24.5 Å². The fraction of sp³-hybridized carbons (Fsp3) is 0.571. The summed E-state index contributed by atoms with van der Waals surface area (Å²) in [5, 5.41) is 3.13. The molecule has 2 atom stereocenters. The van der Waals surface area contributed by atoms with Crippen molar-refractivity contribution in [3.05, 3.63) is 35.4 Å². The van der Waals surface area contributed by atoms with Gasteiger partial charge in [-0.2, -0.15) is 0 Å². The van der Waals surface area contributed by atoms with Gasteiger partial charge in [-0.25, -0.2) is 4.39 Å². The molecule has 0 aliphatic carbocycles. The van der Waals surface area contributed by atoms with Gasteiger partial charge in [0.1, 0.15) is 5.67 Å². The Bertz CT molecular complexity index is 360. The van der Waals surface area contributed by atoms with Crippen molar-refractivity contribution in [3.63, 3.8) is 0 Å². The lowest BCUT2D eigenvalue weighted by molar-refractivity contribution is 0.0711. The van der Waals surface area contributed by atoms with Crippen LogP contribution in [0.5, 0.6) is 0 Å². The van der Waals surface area contributed by atoms with Crippen LogP contribution >= 0.6 is 0 Å². The first-order valence-corrected chi connectivity index (χ1v) is 6.04. The summed E-state index contributed by atoms with van der Waals surface area (Å²) in [5.74, 6) is 0.148. The molecule has 1 aliphatic heterocycles. The molecule has 0 bridgehead atoms. The Morgan fingerprint density at radius 3 is 2.88 bits per heavy atom. The summed E-state index contributed by atoms with van der Waals surface area (Å²) in [7, 11) is 0. The van der Waals surface area contributed by atoms with Gasteiger partial charge in [-0.15, -0.1) is 0 Å². The maximum Gasteiger partial charge on any atom is 0.123 e. The topological polar surface area (TPSA) is 12.0 Å². The van der Waals surface area contributed by atoms with Crippen molar-refractivity contribution >= 4 is 0 Å². The van der Waals surface area contributed by atoms with Crippen LogP contribution in [-0.4, -0.2) is 18.8 Å². The van der Waals surface area contributed by atoms with E-state index in [1.54, 1.807) is 6.92 Å².